The van der Waals surface area contributed by atoms with Crippen molar-refractivity contribution in [3.05, 3.63) is 0 Å². The van der Waals surface area contributed by atoms with Crippen LogP contribution >= 0.6 is 0 Å². The smallest absolute Gasteiger partial charge is 0.00725 e. The number of nitrogens with two attached hydrogens (primary N) is 1. The lowest BCUT2D eigenvalue weighted by Crippen LogP contribution is -2.23. The first-order valence-electron chi connectivity index (χ1n) is 4.54. The summed E-state index contributed by atoms with van der Waals surface area (Å²) in [7, 11) is 0. The minimum absolute atomic E-state index is 0.535. The molecule has 2 aliphatic carbocycles. The maximum absolute atomic E-state index is 6.01. The van der Waals surface area contributed by atoms with E-state index in [2.05, 4.69) is 6.92 Å². The quantitative estimate of drug-likeness (QED) is 0.635. The predicted octanol–water partition coefficient (Wildman–Crippen LogP) is 1.91. The minimum Gasteiger partial charge on any atom is -0.327 e. The molecule has 2 rings (SSSR count). The molecule has 2 saturated carbocycles. The Morgan fingerprint density at radius 2 is 2.30 bits per heavy atom. The van der Waals surface area contributed by atoms with Gasteiger partial charge in [0.2, 0.25) is 0 Å². The Labute approximate surface area is 63.0 Å². The van der Waals surface area contributed by atoms with Crippen LogP contribution in [0, 0.1) is 11.3 Å². The average Bonchev–Trinajstić information content (AvgIpc) is 2.76. The molecule has 58 valence electrons. The Hall–Kier alpha value is -0.0400. The van der Waals surface area contributed by atoms with Crippen LogP contribution in [-0.4, -0.2) is 6.04 Å². The van der Waals surface area contributed by atoms with Gasteiger partial charge in [0.1, 0.15) is 0 Å². The lowest BCUT2D eigenvalue weighted by molar-refractivity contribution is 0.505. The lowest BCUT2D eigenvalue weighted by Gasteiger charge is -2.07. The van der Waals surface area contributed by atoms with Gasteiger partial charge in [0.25, 0.3) is 0 Å². The summed E-state index contributed by atoms with van der Waals surface area (Å²) in [5.41, 5.74) is 6.82. The molecule has 0 aromatic carbocycles. The molecule has 2 aliphatic rings. The van der Waals surface area contributed by atoms with Gasteiger partial charge in [0, 0.05) is 6.04 Å². The monoisotopic (exact) mass is 139 g/mol. The van der Waals surface area contributed by atoms with Crippen molar-refractivity contribution in [2.75, 3.05) is 0 Å². The van der Waals surface area contributed by atoms with E-state index in [1.165, 1.54) is 32.1 Å². The first-order valence-corrected chi connectivity index (χ1v) is 4.54. The van der Waals surface area contributed by atoms with Crippen LogP contribution in [0.1, 0.15) is 39.0 Å². The van der Waals surface area contributed by atoms with Crippen LogP contribution in [0.2, 0.25) is 0 Å². The second-order valence-corrected chi connectivity index (χ2v) is 4.13. The molecule has 2 fully saturated rings. The average molecular weight is 139 g/mol. The van der Waals surface area contributed by atoms with Crippen molar-refractivity contribution in [2.24, 2.45) is 17.1 Å². The minimum atomic E-state index is 0.535. The van der Waals surface area contributed by atoms with Crippen LogP contribution in [-0.2, 0) is 0 Å². The Morgan fingerprint density at radius 3 is 2.70 bits per heavy atom. The van der Waals surface area contributed by atoms with Crippen LogP contribution in [0.5, 0.6) is 0 Å². The summed E-state index contributed by atoms with van der Waals surface area (Å²) in [6, 6.07) is 0.535. The summed E-state index contributed by atoms with van der Waals surface area (Å²) in [5.74, 6) is 0.924. The Morgan fingerprint density at radius 1 is 1.60 bits per heavy atom. The van der Waals surface area contributed by atoms with E-state index in [0.29, 0.717) is 6.04 Å². The molecule has 1 nitrogen and oxygen atoms in total. The van der Waals surface area contributed by atoms with Crippen molar-refractivity contribution in [1.29, 1.82) is 0 Å². The van der Waals surface area contributed by atoms with Crippen LogP contribution in [0.4, 0.5) is 0 Å². The number of hydrogen-bond acceptors (Lipinski definition) is 1. The molecule has 0 heterocycles. The second-order valence-electron chi connectivity index (χ2n) is 4.13. The maximum atomic E-state index is 6.01. The molecule has 0 bridgehead atoms. The van der Waals surface area contributed by atoms with E-state index in [-0.39, 0.29) is 0 Å². The van der Waals surface area contributed by atoms with Gasteiger partial charge in [-0.3, -0.25) is 0 Å². The van der Waals surface area contributed by atoms with Crippen LogP contribution in [0.15, 0.2) is 0 Å². The van der Waals surface area contributed by atoms with Gasteiger partial charge in [0.15, 0.2) is 0 Å². The third kappa shape index (κ3) is 0.878. The fraction of sp³-hybridized carbons (Fsp3) is 1.00. The zero-order valence-electron chi connectivity index (χ0n) is 6.77. The van der Waals surface area contributed by atoms with Crippen molar-refractivity contribution >= 4 is 0 Å². The highest BCUT2D eigenvalue weighted by Gasteiger charge is 2.63. The second kappa shape index (κ2) is 1.97. The van der Waals surface area contributed by atoms with Gasteiger partial charge < -0.3 is 5.73 Å². The molecule has 10 heavy (non-hydrogen) atoms. The Bertz CT molecular complexity index is 138. The van der Waals surface area contributed by atoms with E-state index < -0.39 is 0 Å². The predicted molar refractivity (Wildman–Crippen MR) is 42.7 cm³/mol. The highest BCUT2D eigenvalue weighted by atomic mass is 14.8. The molecule has 0 aromatic rings. The summed E-state index contributed by atoms with van der Waals surface area (Å²) in [6.07, 6.45) is 6.92. The molecule has 0 aliphatic heterocycles. The molecular weight excluding hydrogens is 122 g/mol. The normalized spacial score (nSPS) is 36.0. The number of rotatable bonds is 3. The zero-order chi connectivity index (χ0) is 7.19. The molecule has 0 radical (unpaired) electrons. The molecule has 0 aromatic heterocycles. The fourth-order valence-electron chi connectivity index (χ4n) is 2.25. The van der Waals surface area contributed by atoms with Gasteiger partial charge in [-0.25, -0.2) is 0 Å². The summed E-state index contributed by atoms with van der Waals surface area (Å²) in [5, 5.41) is 0. The molecule has 0 amide bonds. The summed E-state index contributed by atoms with van der Waals surface area (Å²) in [4.78, 5) is 0. The lowest BCUT2D eigenvalue weighted by atomic mass is 10.1. The van der Waals surface area contributed by atoms with E-state index in [9.17, 15) is 0 Å². The van der Waals surface area contributed by atoms with Crippen LogP contribution < -0.4 is 5.73 Å². The van der Waals surface area contributed by atoms with E-state index >= 15 is 0 Å². The standard InChI is InChI=1S/C9H17N/c1-2-3-8(10)7-6-9(7)4-5-9/h7-8H,2-6,10H2,1H3/t7-,8?/m1/s1. The van der Waals surface area contributed by atoms with Crippen molar-refractivity contribution in [1.82, 2.24) is 0 Å². The third-order valence-electron chi connectivity index (χ3n) is 3.28. The molecule has 0 saturated heterocycles. The summed E-state index contributed by atoms with van der Waals surface area (Å²) >= 11 is 0. The van der Waals surface area contributed by atoms with Crippen molar-refractivity contribution < 1.29 is 0 Å². The molecule has 2 atom stereocenters. The van der Waals surface area contributed by atoms with Gasteiger partial charge in [0.05, 0.1) is 0 Å². The molecule has 2 N–H and O–H groups in total. The Balaban J connectivity index is 1.79. The zero-order valence-corrected chi connectivity index (χ0v) is 6.77. The topological polar surface area (TPSA) is 26.0 Å². The highest BCUT2D eigenvalue weighted by Crippen LogP contribution is 2.71. The summed E-state index contributed by atoms with van der Waals surface area (Å²) in [6.45, 7) is 2.22. The number of hydrogen-bond donors (Lipinski definition) is 1. The van der Waals surface area contributed by atoms with Crippen molar-refractivity contribution in [3.8, 4) is 0 Å². The van der Waals surface area contributed by atoms with Gasteiger partial charge >= 0.3 is 0 Å². The van der Waals surface area contributed by atoms with E-state index in [0.717, 1.165) is 11.3 Å². The maximum Gasteiger partial charge on any atom is 0.00725 e. The van der Waals surface area contributed by atoms with Crippen molar-refractivity contribution in [2.45, 2.75) is 45.1 Å². The van der Waals surface area contributed by atoms with E-state index in [4.69, 9.17) is 5.73 Å². The van der Waals surface area contributed by atoms with E-state index in [1.54, 1.807) is 0 Å². The molecule has 1 heteroatoms. The van der Waals surface area contributed by atoms with Gasteiger partial charge in [-0.2, -0.15) is 0 Å². The van der Waals surface area contributed by atoms with Crippen molar-refractivity contribution in [3.63, 3.8) is 0 Å². The first kappa shape index (κ1) is 6.66. The largest absolute Gasteiger partial charge is 0.327 e. The third-order valence-corrected chi connectivity index (χ3v) is 3.28. The molecule has 1 spiro atoms. The first-order chi connectivity index (χ1) is 4.78. The fourth-order valence-corrected chi connectivity index (χ4v) is 2.25. The highest BCUT2D eigenvalue weighted by molar-refractivity contribution is 5.15. The van der Waals surface area contributed by atoms with E-state index in [1.807, 2.05) is 0 Å². The SMILES string of the molecule is CCCC(N)[C@H]1CC12CC2. The Kier molecular flexibility index (Phi) is 1.31. The van der Waals surface area contributed by atoms with Crippen LogP contribution in [0.3, 0.4) is 0 Å². The van der Waals surface area contributed by atoms with Gasteiger partial charge in [-0.1, -0.05) is 13.3 Å². The van der Waals surface area contributed by atoms with Gasteiger partial charge in [-0.05, 0) is 37.0 Å². The van der Waals surface area contributed by atoms with Crippen LogP contribution in [0.25, 0.3) is 0 Å². The molecule has 1 unspecified atom stereocenters. The summed E-state index contributed by atoms with van der Waals surface area (Å²) < 4.78 is 0. The molecular formula is C9H17N. The van der Waals surface area contributed by atoms with Gasteiger partial charge in [-0.15, -0.1) is 0 Å².